The van der Waals surface area contributed by atoms with Crippen LogP contribution in [0.3, 0.4) is 0 Å². The van der Waals surface area contributed by atoms with Gasteiger partial charge < -0.3 is 14.8 Å². The molecule has 0 atom stereocenters. The quantitative estimate of drug-likeness (QED) is 0.878. The van der Waals surface area contributed by atoms with E-state index >= 15 is 0 Å². The van der Waals surface area contributed by atoms with Gasteiger partial charge in [-0.15, -0.1) is 0 Å². The number of hydrogen-bond donors (Lipinski definition) is 1. The summed E-state index contributed by atoms with van der Waals surface area (Å²) >= 11 is 0. The molecule has 0 aliphatic rings. The monoisotopic (exact) mass is 272 g/mol. The van der Waals surface area contributed by atoms with Crippen molar-refractivity contribution in [3.63, 3.8) is 0 Å². The molecule has 1 aromatic carbocycles. The van der Waals surface area contributed by atoms with Crippen LogP contribution in [0.25, 0.3) is 0 Å². The highest BCUT2D eigenvalue weighted by Gasteiger charge is 2.07. The molecule has 0 fully saturated rings. The van der Waals surface area contributed by atoms with Gasteiger partial charge in [0, 0.05) is 18.2 Å². The van der Waals surface area contributed by atoms with Gasteiger partial charge in [-0.1, -0.05) is 24.3 Å². The summed E-state index contributed by atoms with van der Waals surface area (Å²) in [5.74, 6) is 1.53. The van der Waals surface area contributed by atoms with Gasteiger partial charge in [0.15, 0.2) is 0 Å². The summed E-state index contributed by atoms with van der Waals surface area (Å²) in [6.45, 7) is 3.26. The van der Waals surface area contributed by atoms with Crippen molar-refractivity contribution < 1.29 is 9.47 Å². The van der Waals surface area contributed by atoms with E-state index in [1.54, 1.807) is 7.11 Å². The molecule has 2 rings (SSSR count). The van der Waals surface area contributed by atoms with Crippen molar-refractivity contribution in [1.82, 2.24) is 10.3 Å². The second-order valence-electron chi connectivity index (χ2n) is 4.55. The Balaban J connectivity index is 2.13. The molecular weight excluding hydrogens is 252 g/mol. The third-order valence-electron chi connectivity index (χ3n) is 3.02. The van der Waals surface area contributed by atoms with E-state index in [9.17, 15) is 0 Å². The number of hydrogen-bond acceptors (Lipinski definition) is 4. The molecular formula is C16H20N2O2. The van der Waals surface area contributed by atoms with Crippen LogP contribution >= 0.6 is 0 Å². The Morgan fingerprint density at radius 1 is 1.15 bits per heavy atom. The molecule has 2 aromatic rings. The zero-order valence-electron chi connectivity index (χ0n) is 12.1. The van der Waals surface area contributed by atoms with E-state index in [1.165, 1.54) is 0 Å². The standard InChI is InChI=1S/C16H20N2O2/c1-12-6-4-7-13(10-17-2)16(12)20-11-14-8-5-9-15(18-14)19-3/h4-9,17H,10-11H2,1-3H3. The average molecular weight is 272 g/mol. The number of rotatable bonds is 6. The summed E-state index contributed by atoms with van der Waals surface area (Å²) in [5.41, 5.74) is 3.12. The van der Waals surface area contributed by atoms with E-state index < -0.39 is 0 Å². The molecule has 0 spiro atoms. The van der Waals surface area contributed by atoms with E-state index in [-0.39, 0.29) is 0 Å². The van der Waals surface area contributed by atoms with Crippen LogP contribution in [0, 0.1) is 6.92 Å². The van der Waals surface area contributed by atoms with Crippen LogP contribution in [0.15, 0.2) is 36.4 Å². The number of nitrogens with zero attached hydrogens (tertiary/aromatic N) is 1. The normalized spacial score (nSPS) is 10.3. The van der Waals surface area contributed by atoms with Crippen molar-refractivity contribution in [1.29, 1.82) is 0 Å². The minimum atomic E-state index is 0.429. The largest absolute Gasteiger partial charge is 0.487 e. The van der Waals surface area contributed by atoms with Gasteiger partial charge in [0.2, 0.25) is 5.88 Å². The Hall–Kier alpha value is -2.07. The highest BCUT2D eigenvalue weighted by molar-refractivity contribution is 5.40. The smallest absolute Gasteiger partial charge is 0.213 e. The van der Waals surface area contributed by atoms with E-state index in [0.717, 1.165) is 29.1 Å². The SMILES string of the molecule is CNCc1cccc(C)c1OCc1cccc(OC)n1. The molecule has 1 heterocycles. The second-order valence-corrected chi connectivity index (χ2v) is 4.55. The lowest BCUT2D eigenvalue weighted by atomic mass is 10.1. The third kappa shape index (κ3) is 3.48. The molecule has 0 aliphatic carbocycles. The van der Waals surface area contributed by atoms with Gasteiger partial charge >= 0.3 is 0 Å². The molecule has 4 nitrogen and oxygen atoms in total. The number of aromatic nitrogens is 1. The lowest BCUT2D eigenvalue weighted by molar-refractivity contribution is 0.292. The van der Waals surface area contributed by atoms with Crippen LogP contribution in [-0.4, -0.2) is 19.1 Å². The van der Waals surface area contributed by atoms with E-state index in [1.807, 2.05) is 44.3 Å². The number of nitrogens with one attached hydrogen (secondary N) is 1. The summed E-state index contributed by atoms with van der Waals surface area (Å²) in [4.78, 5) is 4.35. The highest BCUT2D eigenvalue weighted by atomic mass is 16.5. The number of ether oxygens (including phenoxy) is 2. The predicted molar refractivity (Wildman–Crippen MR) is 79.1 cm³/mol. The summed E-state index contributed by atoms with van der Waals surface area (Å²) in [6.07, 6.45) is 0. The van der Waals surface area contributed by atoms with Crippen molar-refractivity contribution in [2.24, 2.45) is 0 Å². The number of para-hydroxylation sites is 1. The third-order valence-corrected chi connectivity index (χ3v) is 3.02. The Labute approximate surface area is 119 Å². The van der Waals surface area contributed by atoms with Gasteiger partial charge in [0.1, 0.15) is 12.4 Å². The van der Waals surface area contributed by atoms with Crippen LogP contribution in [0.1, 0.15) is 16.8 Å². The number of methoxy groups -OCH3 is 1. The Bertz CT molecular complexity index is 570. The first-order valence-electron chi connectivity index (χ1n) is 6.60. The van der Waals surface area contributed by atoms with Gasteiger partial charge in [0.05, 0.1) is 12.8 Å². The maximum Gasteiger partial charge on any atom is 0.213 e. The number of pyridine rings is 1. The van der Waals surface area contributed by atoms with Gasteiger partial charge in [-0.3, -0.25) is 0 Å². The fraction of sp³-hybridized carbons (Fsp3) is 0.312. The van der Waals surface area contributed by atoms with E-state index in [4.69, 9.17) is 9.47 Å². The van der Waals surface area contributed by atoms with Crippen molar-refractivity contribution >= 4 is 0 Å². The van der Waals surface area contributed by atoms with Crippen molar-refractivity contribution in [3.8, 4) is 11.6 Å². The molecule has 106 valence electrons. The highest BCUT2D eigenvalue weighted by Crippen LogP contribution is 2.24. The molecule has 0 saturated carbocycles. The molecule has 20 heavy (non-hydrogen) atoms. The zero-order valence-corrected chi connectivity index (χ0v) is 12.1. The molecule has 4 heteroatoms. The number of benzene rings is 1. The summed E-state index contributed by atoms with van der Waals surface area (Å²) in [7, 11) is 3.54. The van der Waals surface area contributed by atoms with Gasteiger partial charge in [0.25, 0.3) is 0 Å². The molecule has 0 aliphatic heterocycles. The Morgan fingerprint density at radius 2 is 1.95 bits per heavy atom. The van der Waals surface area contributed by atoms with Crippen LogP contribution in [0.4, 0.5) is 0 Å². The first kappa shape index (κ1) is 14.3. The zero-order chi connectivity index (χ0) is 14.4. The van der Waals surface area contributed by atoms with Crippen molar-refractivity contribution in [2.75, 3.05) is 14.2 Å². The number of aryl methyl sites for hydroxylation is 1. The van der Waals surface area contributed by atoms with Gasteiger partial charge in [-0.05, 0) is 25.6 Å². The van der Waals surface area contributed by atoms with Crippen molar-refractivity contribution in [2.45, 2.75) is 20.1 Å². The minimum absolute atomic E-state index is 0.429. The maximum absolute atomic E-state index is 5.95. The predicted octanol–water partition coefficient (Wildman–Crippen LogP) is 2.70. The average Bonchev–Trinajstić information content (AvgIpc) is 2.47. The first-order valence-corrected chi connectivity index (χ1v) is 6.60. The summed E-state index contributed by atoms with van der Waals surface area (Å²) in [6, 6.07) is 11.8. The Morgan fingerprint density at radius 3 is 2.70 bits per heavy atom. The molecule has 1 N–H and O–H groups in total. The fourth-order valence-corrected chi connectivity index (χ4v) is 2.05. The summed E-state index contributed by atoms with van der Waals surface area (Å²) in [5, 5.41) is 3.15. The molecule has 1 aromatic heterocycles. The van der Waals surface area contributed by atoms with Gasteiger partial charge in [-0.2, -0.15) is 0 Å². The Kier molecular flexibility index (Phi) is 4.96. The molecule has 0 bridgehead atoms. The lowest BCUT2D eigenvalue weighted by Gasteiger charge is -2.14. The van der Waals surface area contributed by atoms with Gasteiger partial charge in [-0.25, -0.2) is 4.98 Å². The van der Waals surface area contributed by atoms with E-state index in [0.29, 0.717) is 12.5 Å². The van der Waals surface area contributed by atoms with Crippen molar-refractivity contribution in [3.05, 3.63) is 53.2 Å². The molecule has 0 unspecified atom stereocenters. The molecule has 0 saturated heterocycles. The minimum Gasteiger partial charge on any atom is -0.487 e. The topological polar surface area (TPSA) is 43.4 Å². The first-order chi connectivity index (χ1) is 9.74. The lowest BCUT2D eigenvalue weighted by Crippen LogP contribution is -2.09. The van der Waals surface area contributed by atoms with Crippen LogP contribution in [0.5, 0.6) is 11.6 Å². The maximum atomic E-state index is 5.95. The van der Waals surface area contributed by atoms with Crippen LogP contribution in [-0.2, 0) is 13.2 Å². The van der Waals surface area contributed by atoms with E-state index in [2.05, 4.69) is 16.4 Å². The molecule has 0 amide bonds. The summed E-state index contributed by atoms with van der Waals surface area (Å²) < 4.78 is 11.1. The van der Waals surface area contributed by atoms with Crippen LogP contribution < -0.4 is 14.8 Å². The molecule has 0 radical (unpaired) electrons. The fourth-order valence-electron chi connectivity index (χ4n) is 2.05. The second kappa shape index (κ2) is 6.91. The van der Waals surface area contributed by atoms with Crippen LogP contribution in [0.2, 0.25) is 0 Å².